The van der Waals surface area contributed by atoms with Crippen molar-refractivity contribution in [3.05, 3.63) is 72.2 Å². The van der Waals surface area contributed by atoms with Gasteiger partial charge in [-0.05, 0) is 36.8 Å². The molecule has 0 spiro atoms. The molecule has 1 amide bonds. The van der Waals surface area contributed by atoms with Crippen LogP contribution in [0, 0.1) is 0 Å². The average Bonchev–Trinajstić information content (AvgIpc) is 2.55. The smallest absolute Gasteiger partial charge is 0.270 e. The van der Waals surface area contributed by atoms with E-state index >= 15 is 0 Å². The minimum Gasteiger partial charge on any atom is -0.344 e. The van der Waals surface area contributed by atoms with E-state index in [1.165, 1.54) is 0 Å². The van der Waals surface area contributed by atoms with Gasteiger partial charge in [-0.2, -0.15) is 0 Å². The molecule has 0 aliphatic rings. The van der Waals surface area contributed by atoms with Crippen molar-refractivity contribution < 1.29 is 4.79 Å². The van der Waals surface area contributed by atoms with Crippen LogP contribution in [0.1, 0.15) is 29.0 Å². The van der Waals surface area contributed by atoms with Gasteiger partial charge < -0.3 is 5.32 Å². The summed E-state index contributed by atoms with van der Waals surface area (Å²) in [5, 5.41) is 3.97. The van der Waals surface area contributed by atoms with Crippen LogP contribution in [0.3, 0.4) is 0 Å². The molecular formula is C17H15N3O. The van der Waals surface area contributed by atoms with E-state index in [0.29, 0.717) is 5.69 Å². The summed E-state index contributed by atoms with van der Waals surface area (Å²) >= 11 is 0. The zero-order valence-corrected chi connectivity index (χ0v) is 11.7. The van der Waals surface area contributed by atoms with Crippen molar-refractivity contribution in [2.45, 2.75) is 13.0 Å². The molecular weight excluding hydrogens is 262 g/mol. The Bertz CT molecular complexity index is 771. The third-order valence-electron chi connectivity index (χ3n) is 3.38. The third-order valence-corrected chi connectivity index (χ3v) is 3.38. The number of carbonyl (C=O) groups is 1. The first-order chi connectivity index (χ1) is 10.2. The molecule has 0 aliphatic heterocycles. The lowest BCUT2D eigenvalue weighted by Crippen LogP contribution is -2.27. The van der Waals surface area contributed by atoms with E-state index in [0.717, 1.165) is 16.5 Å². The zero-order chi connectivity index (χ0) is 14.7. The van der Waals surface area contributed by atoms with Crippen molar-refractivity contribution in [1.82, 2.24) is 15.3 Å². The van der Waals surface area contributed by atoms with Crippen molar-refractivity contribution in [2.24, 2.45) is 0 Å². The van der Waals surface area contributed by atoms with E-state index in [1.807, 2.05) is 49.4 Å². The highest BCUT2D eigenvalue weighted by Crippen LogP contribution is 2.14. The molecule has 1 aromatic carbocycles. The first-order valence-corrected chi connectivity index (χ1v) is 6.80. The molecule has 21 heavy (non-hydrogen) atoms. The Hall–Kier alpha value is -2.75. The van der Waals surface area contributed by atoms with Crippen molar-refractivity contribution in [3.63, 3.8) is 0 Å². The molecule has 0 saturated heterocycles. The Labute approximate surface area is 122 Å². The standard InChI is InChI=1S/C17H15N3O/c1-12(13-8-10-18-11-9-13)19-17(21)16-7-6-14-4-2-3-5-15(14)20-16/h2-12H,1H3,(H,19,21)/t12-/m0/s1. The fourth-order valence-corrected chi connectivity index (χ4v) is 2.20. The molecule has 0 fully saturated rings. The van der Waals surface area contributed by atoms with Crippen LogP contribution in [0.15, 0.2) is 60.9 Å². The highest BCUT2D eigenvalue weighted by Gasteiger charge is 2.12. The average molecular weight is 277 g/mol. The van der Waals surface area contributed by atoms with Gasteiger partial charge in [-0.1, -0.05) is 24.3 Å². The maximum Gasteiger partial charge on any atom is 0.270 e. The number of hydrogen-bond acceptors (Lipinski definition) is 3. The van der Waals surface area contributed by atoms with Gasteiger partial charge in [0.2, 0.25) is 0 Å². The normalized spacial score (nSPS) is 12.0. The number of nitrogens with zero attached hydrogens (tertiary/aromatic N) is 2. The fraction of sp³-hybridized carbons (Fsp3) is 0.118. The molecule has 0 unspecified atom stereocenters. The van der Waals surface area contributed by atoms with Crippen LogP contribution in [0.5, 0.6) is 0 Å². The van der Waals surface area contributed by atoms with Crippen LogP contribution in [0.4, 0.5) is 0 Å². The molecule has 1 N–H and O–H groups in total. The highest BCUT2D eigenvalue weighted by atomic mass is 16.1. The first-order valence-electron chi connectivity index (χ1n) is 6.80. The van der Waals surface area contributed by atoms with Crippen molar-refractivity contribution in [2.75, 3.05) is 0 Å². The van der Waals surface area contributed by atoms with E-state index in [1.54, 1.807) is 18.5 Å². The van der Waals surface area contributed by atoms with E-state index in [4.69, 9.17) is 0 Å². The lowest BCUT2D eigenvalue weighted by Gasteiger charge is -2.13. The molecule has 3 aromatic rings. The third kappa shape index (κ3) is 2.89. The highest BCUT2D eigenvalue weighted by molar-refractivity contribution is 5.95. The SMILES string of the molecule is C[C@H](NC(=O)c1ccc2ccccc2n1)c1ccncc1. The number of benzene rings is 1. The molecule has 0 radical (unpaired) electrons. The number of hydrogen-bond donors (Lipinski definition) is 1. The molecule has 2 heterocycles. The molecule has 0 bridgehead atoms. The van der Waals surface area contributed by atoms with Gasteiger partial charge in [-0.15, -0.1) is 0 Å². The number of amides is 1. The van der Waals surface area contributed by atoms with Gasteiger partial charge in [0.05, 0.1) is 11.6 Å². The molecule has 3 rings (SSSR count). The van der Waals surface area contributed by atoms with Crippen molar-refractivity contribution in [3.8, 4) is 0 Å². The van der Waals surface area contributed by atoms with Gasteiger partial charge in [0.25, 0.3) is 5.91 Å². The Morgan fingerprint density at radius 1 is 1.05 bits per heavy atom. The predicted molar refractivity (Wildman–Crippen MR) is 81.9 cm³/mol. The Balaban J connectivity index is 1.80. The maximum absolute atomic E-state index is 12.3. The second-order valence-electron chi connectivity index (χ2n) is 4.86. The Morgan fingerprint density at radius 2 is 1.81 bits per heavy atom. The summed E-state index contributed by atoms with van der Waals surface area (Å²) in [6, 6.07) is 15.1. The summed E-state index contributed by atoms with van der Waals surface area (Å²) < 4.78 is 0. The molecule has 2 aromatic heterocycles. The minimum atomic E-state index is -0.176. The van der Waals surface area contributed by atoms with Crippen molar-refractivity contribution in [1.29, 1.82) is 0 Å². The quantitative estimate of drug-likeness (QED) is 0.800. The first kappa shape index (κ1) is 13.2. The summed E-state index contributed by atoms with van der Waals surface area (Å²) in [6.07, 6.45) is 3.43. The second-order valence-corrected chi connectivity index (χ2v) is 4.86. The van der Waals surface area contributed by atoms with Crippen LogP contribution >= 0.6 is 0 Å². The topological polar surface area (TPSA) is 54.9 Å². The number of rotatable bonds is 3. The van der Waals surface area contributed by atoms with E-state index < -0.39 is 0 Å². The second kappa shape index (κ2) is 5.71. The number of nitrogens with one attached hydrogen (secondary N) is 1. The van der Waals surface area contributed by atoms with Gasteiger partial charge >= 0.3 is 0 Å². The lowest BCUT2D eigenvalue weighted by atomic mass is 10.1. The summed E-state index contributed by atoms with van der Waals surface area (Å²) in [5.41, 5.74) is 2.26. The van der Waals surface area contributed by atoms with E-state index in [2.05, 4.69) is 15.3 Å². The van der Waals surface area contributed by atoms with Crippen LogP contribution in [-0.4, -0.2) is 15.9 Å². The minimum absolute atomic E-state index is 0.0891. The largest absolute Gasteiger partial charge is 0.344 e. The number of para-hydroxylation sites is 1. The van der Waals surface area contributed by atoms with Gasteiger partial charge in [0.1, 0.15) is 5.69 Å². The maximum atomic E-state index is 12.3. The summed E-state index contributed by atoms with van der Waals surface area (Å²) in [6.45, 7) is 1.94. The number of carbonyl (C=O) groups excluding carboxylic acids is 1. The summed E-state index contributed by atoms with van der Waals surface area (Å²) in [7, 11) is 0. The Morgan fingerprint density at radius 3 is 2.62 bits per heavy atom. The number of fused-ring (bicyclic) bond motifs is 1. The molecule has 104 valence electrons. The monoisotopic (exact) mass is 277 g/mol. The summed E-state index contributed by atoms with van der Waals surface area (Å²) in [4.78, 5) is 20.7. The van der Waals surface area contributed by atoms with E-state index in [-0.39, 0.29) is 11.9 Å². The number of aromatic nitrogens is 2. The van der Waals surface area contributed by atoms with Gasteiger partial charge in [0, 0.05) is 17.8 Å². The molecule has 0 aliphatic carbocycles. The van der Waals surface area contributed by atoms with Crippen molar-refractivity contribution >= 4 is 16.8 Å². The number of pyridine rings is 2. The molecule has 0 saturated carbocycles. The molecule has 1 atom stereocenters. The molecule has 4 heteroatoms. The lowest BCUT2D eigenvalue weighted by molar-refractivity contribution is 0.0935. The predicted octanol–water partition coefficient (Wildman–Crippen LogP) is 3.12. The van der Waals surface area contributed by atoms with Crippen LogP contribution in [0.25, 0.3) is 10.9 Å². The van der Waals surface area contributed by atoms with Gasteiger partial charge in [-0.25, -0.2) is 4.98 Å². The van der Waals surface area contributed by atoms with E-state index in [9.17, 15) is 4.79 Å². The van der Waals surface area contributed by atoms with Crippen LogP contribution < -0.4 is 5.32 Å². The van der Waals surface area contributed by atoms with Gasteiger partial charge in [-0.3, -0.25) is 9.78 Å². The van der Waals surface area contributed by atoms with Crippen LogP contribution in [-0.2, 0) is 0 Å². The molecule has 4 nitrogen and oxygen atoms in total. The van der Waals surface area contributed by atoms with Gasteiger partial charge in [0.15, 0.2) is 0 Å². The van der Waals surface area contributed by atoms with Crippen LogP contribution in [0.2, 0.25) is 0 Å². The fourth-order valence-electron chi connectivity index (χ4n) is 2.20. The zero-order valence-electron chi connectivity index (χ0n) is 11.7. The Kier molecular flexibility index (Phi) is 3.60. The summed E-state index contributed by atoms with van der Waals surface area (Å²) in [5.74, 6) is -0.176.